The molecule has 0 aliphatic carbocycles. The largest absolute Gasteiger partial charge is 0.497 e. The summed E-state index contributed by atoms with van der Waals surface area (Å²) in [5.74, 6) is -3.73. The molecule has 0 saturated carbocycles. The zero-order valence-electron chi connectivity index (χ0n) is 14.2. The molecule has 3 rings (SSSR count). The minimum absolute atomic E-state index is 0.00425. The van der Waals surface area contributed by atoms with E-state index in [4.69, 9.17) is 4.74 Å². The number of carbonyl (C=O) groups excluding carboxylic acids is 2. The van der Waals surface area contributed by atoms with Crippen molar-refractivity contribution < 1.29 is 27.5 Å². The van der Waals surface area contributed by atoms with Crippen LogP contribution in [0.5, 0.6) is 5.75 Å². The van der Waals surface area contributed by atoms with Crippen LogP contribution < -0.4 is 20.7 Å². The number of hydrogen-bond donors (Lipinski definition) is 3. The van der Waals surface area contributed by atoms with Crippen LogP contribution in [-0.4, -0.2) is 31.6 Å². The van der Waals surface area contributed by atoms with Gasteiger partial charge in [0.2, 0.25) is 5.91 Å². The third-order valence-corrected chi connectivity index (χ3v) is 4.23. The van der Waals surface area contributed by atoms with Gasteiger partial charge in [0.1, 0.15) is 29.2 Å². The number of carbonyl (C=O) groups is 2. The van der Waals surface area contributed by atoms with Gasteiger partial charge in [0, 0.05) is 35.8 Å². The van der Waals surface area contributed by atoms with Crippen LogP contribution in [0, 0.1) is 17.5 Å². The van der Waals surface area contributed by atoms with Gasteiger partial charge in [-0.25, -0.2) is 18.0 Å². The third-order valence-electron chi connectivity index (χ3n) is 4.23. The van der Waals surface area contributed by atoms with E-state index in [0.29, 0.717) is 5.69 Å². The summed E-state index contributed by atoms with van der Waals surface area (Å²) in [5, 5.41) is 7.32. The number of methoxy groups -OCH3 is 1. The molecule has 3 amide bonds. The Kier molecular flexibility index (Phi) is 5.20. The van der Waals surface area contributed by atoms with Gasteiger partial charge in [-0.15, -0.1) is 0 Å². The zero-order valence-corrected chi connectivity index (χ0v) is 14.2. The second kappa shape index (κ2) is 7.56. The van der Waals surface area contributed by atoms with Gasteiger partial charge in [-0.05, 0) is 24.3 Å². The van der Waals surface area contributed by atoms with Crippen molar-refractivity contribution in [3.05, 3.63) is 59.4 Å². The van der Waals surface area contributed by atoms with Crippen molar-refractivity contribution in [3.8, 4) is 5.75 Å². The van der Waals surface area contributed by atoms with Gasteiger partial charge in [-0.2, -0.15) is 0 Å². The predicted molar refractivity (Wildman–Crippen MR) is 91.0 cm³/mol. The first-order chi connectivity index (χ1) is 12.9. The van der Waals surface area contributed by atoms with Crippen molar-refractivity contribution in [3.63, 3.8) is 0 Å². The van der Waals surface area contributed by atoms with E-state index in [1.807, 2.05) is 0 Å². The highest BCUT2D eigenvalue weighted by Gasteiger charge is 2.40. The summed E-state index contributed by atoms with van der Waals surface area (Å²) in [6, 6.07) is 5.07. The molecule has 142 valence electrons. The minimum Gasteiger partial charge on any atom is -0.497 e. The van der Waals surface area contributed by atoms with Crippen LogP contribution >= 0.6 is 0 Å². The molecule has 2 aromatic carbocycles. The van der Waals surface area contributed by atoms with Crippen LogP contribution in [0.15, 0.2) is 36.4 Å². The molecule has 2 aromatic rings. The fourth-order valence-corrected chi connectivity index (χ4v) is 2.93. The first kappa shape index (κ1) is 18.6. The highest BCUT2D eigenvalue weighted by Crippen LogP contribution is 2.31. The van der Waals surface area contributed by atoms with Gasteiger partial charge >= 0.3 is 6.03 Å². The normalized spacial score (nSPS) is 18.7. The van der Waals surface area contributed by atoms with Gasteiger partial charge in [0.25, 0.3) is 0 Å². The molecule has 1 fully saturated rings. The second-order valence-corrected chi connectivity index (χ2v) is 5.94. The van der Waals surface area contributed by atoms with E-state index in [1.165, 1.54) is 19.2 Å². The maximum Gasteiger partial charge on any atom is 0.319 e. The minimum atomic E-state index is -1.18. The number of ether oxygens (including phenoxy) is 1. The number of halogens is 3. The first-order valence-corrected chi connectivity index (χ1v) is 8.02. The fourth-order valence-electron chi connectivity index (χ4n) is 2.93. The number of benzene rings is 2. The van der Waals surface area contributed by atoms with E-state index in [9.17, 15) is 22.8 Å². The van der Waals surface area contributed by atoms with E-state index < -0.39 is 41.3 Å². The molecule has 9 heteroatoms. The summed E-state index contributed by atoms with van der Waals surface area (Å²) in [4.78, 5) is 24.2. The molecule has 1 unspecified atom stereocenters. The molecule has 27 heavy (non-hydrogen) atoms. The molecular formula is C18H16F3N3O3. The van der Waals surface area contributed by atoms with Crippen molar-refractivity contribution in [2.45, 2.75) is 12.0 Å². The molecule has 1 aliphatic rings. The summed E-state index contributed by atoms with van der Waals surface area (Å²) in [5.41, 5.74) is -0.0214. The van der Waals surface area contributed by atoms with Gasteiger partial charge in [-0.1, -0.05) is 0 Å². The maximum atomic E-state index is 14.3. The lowest BCUT2D eigenvalue weighted by molar-refractivity contribution is -0.120. The number of urea groups is 1. The summed E-state index contributed by atoms with van der Waals surface area (Å²) in [7, 11) is 1.28. The van der Waals surface area contributed by atoms with Crippen LogP contribution in [0.3, 0.4) is 0 Å². The molecule has 2 atom stereocenters. The lowest BCUT2D eigenvalue weighted by Crippen LogP contribution is -2.45. The Morgan fingerprint density at radius 1 is 1.15 bits per heavy atom. The SMILES string of the molecule is COc1cc(F)c([C@@H]2CNC(=O)C2NC(=O)Nc2ccc(F)cc2)c(F)c1. The van der Waals surface area contributed by atoms with Crippen molar-refractivity contribution in [1.82, 2.24) is 10.6 Å². The summed E-state index contributed by atoms with van der Waals surface area (Å²) in [6.45, 7) is -0.0412. The standard InChI is InChI=1S/C18H16F3N3O3/c1-27-11-6-13(20)15(14(21)7-11)12-8-22-17(25)16(12)24-18(26)23-10-4-2-9(19)3-5-10/h2-7,12,16H,8H2,1H3,(H,22,25)(H2,23,24,26)/t12-,16?/m0/s1. The van der Waals surface area contributed by atoms with Gasteiger partial charge < -0.3 is 20.7 Å². The molecule has 0 spiro atoms. The Morgan fingerprint density at radius 2 is 1.78 bits per heavy atom. The average molecular weight is 379 g/mol. The average Bonchev–Trinajstić information content (AvgIpc) is 2.97. The van der Waals surface area contributed by atoms with Gasteiger partial charge in [0.15, 0.2) is 0 Å². The van der Waals surface area contributed by atoms with Gasteiger partial charge in [-0.3, -0.25) is 4.79 Å². The molecule has 0 bridgehead atoms. The zero-order chi connectivity index (χ0) is 19.6. The number of rotatable bonds is 4. The Labute approximate surface area is 152 Å². The van der Waals surface area contributed by atoms with Crippen molar-refractivity contribution in [2.24, 2.45) is 0 Å². The summed E-state index contributed by atoms with van der Waals surface area (Å²) < 4.78 is 46.4. The smallest absolute Gasteiger partial charge is 0.319 e. The van der Waals surface area contributed by atoms with E-state index in [0.717, 1.165) is 24.3 Å². The molecule has 1 aliphatic heterocycles. The summed E-state index contributed by atoms with van der Waals surface area (Å²) in [6.07, 6.45) is 0. The Balaban J connectivity index is 1.78. The second-order valence-electron chi connectivity index (χ2n) is 5.94. The Hall–Kier alpha value is -3.23. The Morgan fingerprint density at radius 3 is 2.37 bits per heavy atom. The number of hydrogen-bond acceptors (Lipinski definition) is 3. The molecule has 0 aromatic heterocycles. The predicted octanol–water partition coefficient (Wildman–Crippen LogP) is 2.52. The van der Waals surface area contributed by atoms with Crippen molar-refractivity contribution >= 4 is 17.6 Å². The number of amides is 3. The van der Waals surface area contributed by atoms with Crippen molar-refractivity contribution in [2.75, 3.05) is 19.0 Å². The number of anilines is 1. The monoisotopic (exact) mass is 379 g/mol. The highest BCUT2D eigenvalue weighted by atomic mass is 19.1. The molecule has 1 saturated heterocycles. The molecule has 0 radical (unpaired) electrons. The molecule has 3 N–H and O–H groups in total. The maximum absolute atomic E-state index is 14.3. The Bertz CT molecular complexity index is 851. The van der Waals surface area contributed by atoms with E-state index in [1.54, 1.807) is 0 Å². The van der Waals surface area contributed by atoms with E-state index in [-0.39, 0.29) is 17.9 Å². The quantitative estimate of drug-likeness (QED) is 0.764. The van der Waals surface area contributed by atoms with Crippen molar-refractivity contribution in [1.29, 1.82) is 0 Å². The molecular weight excluding hydrogens is 363 g/mol. The highest BCUT2D eigenvalue weighted by molar-refractivity contribution is 5.95. The molecule has 1 heterocycles. The van der Waals surface area contributed by atoms with Gasteiger partial charge in [0.05, 0.1) is 7.11 Å². The molecule has 6 nitrogen and oxygen atoms in total. The number of nitrogens with one attached hydrogen (secondary N) is 3. The lowest BCUT2D eigenvalue weighted by atomic mass is 9.93. The van der Waals surface area contributed by atoms with E-state index >= 15 is 0 Å². The third kappa shape index (κ3) is 3.97. The summed E-state index contributed by atoms with van der Waals surface area (Å²) >= 11 is 0. The van der Waals surface area contributed by atoms with E-state index in [2.05, 4.69) is 16.0 Å². The lowest BCUT2D eigenvalue weighted by Gasteiger charge is -2.20. The van der Waals surface area contributed by atoms with Crippen LogP contribution in [0.1, 0.15) is 11.5 Å². The van der Waals surface area contributed by atoms with Crippen LogP contribution in [0.25, 0.3) is 0 Å². The van der Waals surface area contributed by atoms with Crippen LogP contribution in [0.2, 0.25) is 0 Å². The fraction of sp³-hybridized carbons (Fsp3) is 0.222. The van der Waals surface area contributed by atoms with Crippen LogP contribution in [0.4, 0.5) is 23.7 Å². The topological polar surface area (TPSA) is 79.5 Å². The first-order valence-electron chi connectivity index (χ1n) is 8.02. The van der Waals surface area contributed by atoms with Crippen LogP contribution in [-0.2, 0) is 4.79 Å².